The van der Waals surface area contributed by atoms with E-state index in [9.17, 15) is 9.90 Å². The summed E-state index contributed by atoms with van der Waals surface area (Å²) in [5.41, 5.74) is 2.60. The molecule has 0 atom stereocenters. The van der Waals surface area contributed by atoms with Crippen LogP contribution in [0.2, 0.25) is 0 Å². The van der Waals surface area contributed by atoms with Crippen molar-refractivity contribution >= 4 is 16.6 Å². The predicted octanol–water partition coefficient (Wildman–Crippen LogP) is 1.91. The number of aromatic nitrogens is 1. The summed E-state index contributed by atoms with van der Waals surface area (Å²) in [7, 11) is 4.97. The molecule has 0 aliphatic carbocycles. The number of fused-ring (bicyclic) bond motifs is 1. The topological polar surface area (TPSA) is 63.5 Å². The van der Waals surface area contributed by atoms with Gasteiger partial charge in [0.1, 0.15) is 11.5 Å². The Bertz CT molecular complexity index is 717. The third-order valence-electron chi connectivity index (χ3n) is 3.50. The molecular formula is C14H18N2O3. The number of anilines is 1. The molecule has 0 fully saturated rings. The van der Waals surface area contributed by atoms with Crippen molar-refractivity contribution < 1.29 is 9.84 Å². The third kappa shape index (κ3) is 1.73. The van der Waals surface area contributed by atoms with Crippen molar-refractivity contribution in [3.63, 3.8) is 0 Å². The Morgan fingerprint density at radius 2 is 2.00 bits per heavy atom. The third-order valence-corrected chi connectivity index (χ3v) is 3.50. The van der Waals surface area contributed by atoms with Gasteiger partial charge in [-0.2, -0.15) is 0 Å². The molecule has 19 heavy (non-hydrogen) atoms. The lowest BCUT2D eigenvalue weighted by Crippen LogP contribution is -2.17. The number of benzene rings is 1. The summed E-state index contributed by atoms with van der Waals surface area (Å²) in [6, 6.07) is 1.51. The summed E-state index contributed by atoms with van der Waals surface area (Å²) in [6.45, 7) is 3.65. The molecule has 0 bridgehead atoms. The maximum atomic E-state index is 11.9. The molecule has 102 valence electrons. The lowest BCUT2D eigenvalue weighted by Gasteiger charge is -2.19. The first kappa shape index (κ1) is 13.3. The number of phenols is 1. The quantitative estimate of drug-likeness (QED) is 0.811. The maximum Gasteiger partial charge on any atom is 0.251 e. The normalized spacial score (nSPS) is 10.8. The molecule has 1 aromatic heterocycles. The van der Waals surface area contributed by atoms with Gasteiger partial charge in [-0.3, -0.25) is 4.79 Å². The maximum absolute atomic E-state index is 11.9. The SMILES string of the molecule is CNc1c(C)c(OC)c2c(c(C)cc(=O)n2C)c1O. The molecule has 0 saturated carbocycles. The highest BCUT2D eigenvalue weighted by molar-refractivity contribution is 5.99. The van der Waals surface area contributed by atoms with Gasteiger partial charge in [-0.1, -0.05) is 0 Å². The first-order valence-electron chi connectivity index (χ1n) is 6.01. The summed E-state index contributed by atoms with van der Waals surface area (Å²) in [6.07, 6.45) is 0. The van der Waals surface area contributed by atoms with Gasteiger partial charge in [-0.25, -0.2) is 0 Å². The van der Waals surface area contributed by atoms with Gasteiger partial charge in [-0.05, 0) is 19.4 Å². The van der Waals surface area contributed by atoms with Crippen molar-refractivity contribution in [2.75, 3.05) is 19.5 Å². The standard InChI is InChI=1S/C14H18N2O3/c1-7-6-9(17)16(4)12-10(7)13(18)11(15-3)8(2)14(12)19-5/h6,15,18H,1-5H3. The summed E-state index contributed by atoms with van der Waals surface area (Å²) in [5.74, 6) is 0.740. The molecule has 0 unspecified atom stereocenters. The van der Waals surface area contributed by atoms with Gasteiger partial charge < -0.3 is 19.7 Å². The zero-order chi connectivity index (χ0) is 14.3. The molecule has 0 amide bonds. The van der Waals surface area contributed by atoms with E-state index in [1.165, 1.54) is 10.6 Å². The van der Waals surface area contributed by atoms with Crippen LogP contribution in [0.5, 0.6) is 11.5 Å². The zero-order valence-corrected chi connectivity index (χ0v) is 11.8. The second kappa shape index (κ2) is 4.50. The molecule has 0 aliphatic rings. The van der Waals surface area contributed by atoms with Gasteiger partial charge in [-0.15, -0.1) is 0 Å². The number of nitrogens with zero attached hydrogens (tertiary/aromatic N) is 1. The molecule has 1 heterocycles. The van der Waals surface area contributed by atoms with Crippen LogP contribution in [0, 0.1) is 13.8 Å². The van der Waals surface area contributed by atoms with Crippen LogP contribution in [-0.4, -0.2) is 23.8 Å². The fourth-order valence-corrected chi connectivity index (χ4v) is 2.53. The highest BCUT2D eigenvalue weighted by atomic mass is 16.5. The second-order valence-electron chi connectivity index (χ2n) is 4.58. The minimum atomic E-state index is -0.126. The van der Waals surface area contributed by atoms with Crippen molar-refractivity contribution in [1.82, 2.24) is 4.57 Å². The molecule has 2 rings (SSSR count). The van der Waals surface area contributed by atoms with E-state index in [1.807, 2.05) is 6.92 Å². The van der Waals surface area contributed by atoms with Gasteiger partial charge in [0.15, 0.2) is 0 Å². The van der Waals surface area contributed by atoms with Crippen LogP contribution < -0.4 is 15.6 Å². The monoisotopic (exact) mass is 262 g/mol. The van der Waals surface area contributed by atoms with E-state index in [2.05, 4.69) is 5.32 Å². The van der Waals surface area contributed by atoms with Gasteiger partial charge in [0.2, 0.25) is 0 Å². The summed E-state index contributed by atoms with van der Waals surface area (Å²) in [5, 5.41) is 14.0. The number of phenolic OH excluding ortho intramolecular Hbond substituents is 1. The first-order valence-corrected chi connectivity index (χ1v) is 6.01. The number of hydrogen-bond donors (Lipinski definition) is 2. The largest absolute Gasteiger partial charge is 0.505 e. The van der Waals surface area contributed by atoms with E-state index in [1.54, 1.807) is 28.1 Å². The highest BCUT2D eigenvalue weighted by Crippen LogP contribution is 2.43. The van der Waals surface area contributed by atoms with Crippen LogP contribution in [0.4, 0.5) is 5.69 Å². The lowest BCUT2D eigenvalue weighted by molar-refractivity contribution is 0.413. The van der Waals surface area contributed by atoms with Gasteiger partial charge in [0.05, 0.1) is 18.3 Å². The number of pyridine rings is 1. The molecule has 2 aromatic rings. The molecule has 1 aromatic carbocycles. The molecule has 0 saturated heterocycles. The van der Waals surface area contributed by atoms with Crippen molar-refractivity contribution in [2.24, 2.45) is 7.05 Å². The highest BCUT2D eigenvalue weighted by Gasteiger charge is 2.20. The second-order valence-corrected chi connectivity index (χ2v) is 4.58. The van der Waals surface area contributed by atoms with Crippen LogP contribution in [0.3, 0.4) is 0 Å². The predicted molar refractivity (Wildman–Crippen MR) is 76.4 cm³/mol. The summed E-state index contributed by atoms with van der Waals surface area (Å²) < 4.78 is 6.93. The van der Waals surface area contributed by atoms with Crippen molar-refractivity contribution in [3.8, 4) is 11.5 Å². The number of aromatic hydroxyl groups is 1. The van der Waals surface area contributed by atoms with Crippen LogP contribution in [-0.2, 0) is 7.05 Å². The Hall–Kier alpha value is -2.17. The molecule has 0 aliphatic heterocycles. The molecule has 5 nitrogen and oxygen atoms in total. The van der Waals surface area contributed by atoms with Crippen LogP contribution >= 0.6 is 0 Å². The Morgan fingerprint density at radius 3 is 2.53 bits per heavy atom. The van der Waals surface area contributed by atoms with Crippen LogP contribution in [0.1, 0.15) is 11.1 Å². The van der Waals surface area contributed by atoms with Crippen molar-refractivity contribution in [3.05, 3.63) is 27.5 Å². The molecule has 2 N–H and O–H groups in total. The Kier molecular flexibility index (Phi) is 3.14. The minimum absolute atomic E-state index is 0.126. The van der Waals surface area contributed by atoms with Crippen molar-refractivity contribution in [2.45, 2.75) is 13.8 Å². The van der Waals surface area contributed by atoms with E-state index < -0.39 is 0 Å². The van der Waals surface area contributed by atoms with Gasteiger partial charge >= 0.3 is 0 Å². The number of hydrogen-bond acceptors (Lipinski definition) is 4. The Morgan fingerprint density at radius 1 is 1.37 bits per heavy atom. The first-order chi connectivity index (χ1) is 8.93. The summed E-state index contributed by atoms with van der Waals surface area (Å²) >= 11 is 0. The fourth-order valence-electron chi connectivity index (χ4n) is 2.53. The van der Waals surface area contributed by atoms with E-state index >= 15 is 0 Å². The average Bonchev–Trinajstić information content (AvgIpc) is 2.36. The average molecular weight is 262 g/mol. The zero-order valence-electron chi connectivity index (χ0n) is 11.8. The number of methoxy groups -OCH3 is 1. The molecular weight excluding hydrogens is 244 g/mol. The van der Waals surface area contributed by atoms with Crippen LogP contribution in [0.15, 0.2) is 10.9 Å². The number of aryl methyl sites for hydroxylation is 2. The van der Waals surface area contributed by atoms with E-state index in [4.69, 9.17) is 4.74 Å². The van der Waals surface area contributed by atoms with Crippen molar-refractivity contribution in [1.29, 1.82) is 0 Å². The van der Waals surface area contributed by atoms with Crippen LogP contribution in [0.25, 0.3) is 10.9 Å². The molecule has 5 heteroatoms. The number of nitrogens with one attached hydrogen (secondary N) is 1. The summed E-state index contributed by atoms with van der Waals surface area (Å²) in [4.78, 5) is 11.9. The Balaban J connectivity index is 3.17. The number of ether oxygens (including phenoxy) is 1. The molecule has 0 radical (unpaired) electrons. The van der Waals surface area contributed by atoms with E-state index in [0.29, 0.717) is 22.3 Å². The Labute approximate surface area is 111 Å². The van der Waals surface area contributed by atoms with E-state index in [0.717, 1.165) is 11.1 Å². The minimum Gasteiger partial charge on any atom is -0.505 e. The van der Waals surface area contributed by atoms with E-state index in [-0.39, 0.29) is 11.3 Å². The number of rotatable bonds is 2. The smallest absolute Gasteiger partial charge is 0.251 e. The van der Waals surface area contributed by atoms with Gasteiger partial charge in [0, 0.05) is 31.1 Å². The fraction of sp³-hybridized carbons (Fsp3) is 0.357. The molecule has 0 spiro atoms. The van der Waals surface area contributed by atoms with Gasteiger partial charge in [0.25, 0.3) is 5.56 Å². The lowest BCUT2D eigenvalue weighted by atomic mass is 10.0.